The van der Waals surface area contributed by atoms with Crippen molar-refractivity contribution in [3.8, 4) is 0 Å². The first-order valence-corrected chi connectivity index (χ1v) is 5.47. The molecule has 1 aliphatic heterocycles. The predicted molar refractivity (Wildman–Crippen MR) is 39.2 cm³/mol. The molecule has 0 radical (unpaired) electrons. The number of hydrogen-bond acceptors (Lipinski definition) is 5. The highest BCUT2D eigenvalue weighted by atomic mass is 32.5. The first-order valence-electron chi connectivity index (χ1n) is 2.91. The third kappa shape index (κ3) is 2.27. The van der Waals surface area contributed by atoms with Crippen LogP contribution in [0.4, 0.5) is 0 Å². The summed E-state index contributed by atoms with van der Waals surface area (Å²) >= 11 is 4.87. The van der Waals surface area contributed by atoms with Crippen molar-refractivity contribution in [1.29, 1.82) is 0 Å². The molecule has 1 N–H and O–H groups in total. The van der Waals surface area contributed by atoms with Gasteiger partial charge in [-0.05, 0) is 11.8 Å². The Bertz CT molecular complexity index is 140. The summed E-state index contributed by atoms with van der Waals surface area (Å²) < 4.78 is 15.0. The Kier molecular flexibility index (Phi) is 3.23. The van der Waals surface area contributed by atoms with Crippen LogP contribution in [0.15, 0.2) is 0 Å². The van der Waals surface area contributed by atoms with Gasteiger partial charge in [0.2, 0.25) is 0 Å². The van der Waals surface area contributed by atoms with Crippen LogP contribution in [0.3, 0.4) is 0 Å². The Hall–Kier alpha value is 0.490. The van der Waals surface area contributed by atoms with Gasteiger partial charge >= 0.3 is 6.72 Å². The molecule has 0 unspecified atom stereocenters. The van der Waals surface area contributed by atoms with Crippen LogP contribution in [0.1, 0.15) is 0 Å². The van der Waals surface area contributed by atoms with Crippen molar-refractivity contribution in [2.75, 3.05) is 26.4 Å². The molecule has 0 aromatic heterocycles. The number of aliphatic hydroxyl groups excluding tert-OH is 1. The van der Waals surface area contributed by atoms with Gasteiger partial charge in [-0.25, -0.2) is 0 Å². The Labute approximate surface area is 64.3 Å². The highest BCUT2D eigenvalue weighted by Gasteiger charge is 2.25. The lowest BCUT2D eigenvalue weighted by Crippen LogP contribution is -1.96. The average Bonchev–Trinajstić information content (AvgIpc) is 2.33. The Morgan fingerprint density at radius 2 is 2.10 bits per heavy atom. The van der Waals surface area contributed by atoms with E-state index in [1.165, 1.54) is 0 Å². The molecule has 0 aliphatic carbocycles. The summed E-state index contributed by atoms with van der Waals surface area (Å²) in [6, 6.07) is 0. The second kappa shape index (κ2) is 3.76. The zero-order valence-electron chi connectivity index (χ0n) is 5.36. The van der Waals surface area contributed by atoms with Gasteiger partial charge in [0.15, 0.2) is 0 Å². The van der Waals surface area contributed by atoms with Gasteiger partial charge in [-0.2, -0.15) is 0 Å². The van der Waals surface area contributed by atoms with E-state index in [4.69, 9.17) is 30.5 Å². The molecular formula is C4H9O4PS. The van der Waals surface area contributed by atoms with E-state index >= 15 is 0 Å². The van der Waals surface area contributed by atoms with Crippen molar-refractivity contribution in [1.82, 2.24) is 0 Å². The largest absolute Gasteiger partial charge is 0.394 e. The molecule has 0 spiro atoms. The number of aliphatic hydroxyl groups is 1. The van der Waals surface area contributed by atoms with Crippen LogP contribution in [0.5, 0.6) is 0 Å². The third-order valence-electron chi connectivity index (χ3n) is 0.923. The van der Waals surface area contributed by atoms with Crippen molar-refractivity contribution in [2.45, 2.75) is 0 Å². The van der Waals surface area contributed by atoms with E-state index in [1.54, 1.807) is 0 Å². The summed E-state index contributed by atoms with van der Waals surface area (Å²) in [6.45, 7) is -1.27. The fourth-order valence-electron chi connectivity index (χ4n) is 0.563. The summed E-state index contributed by atoms with van der Waals surface area (Å²) in [4.78, 5) is 0. The molecule has 0 aromatic carbocycles. The SMILES string of the molecule is OCCOP1(=S)OCCO1. The van der Waals surface area contributed by atoms with E-state index in [9.17, 15) is 0 Å². The second-order valence-corrected chi connectivity index (χ2v) is 4.68. The van der Waals surface area contributed by atoms with Crippen molar-refractivity contribution in [3.05, 3.63) is 0 Å². The van der Waals surface area contributed by atoms with Gasteiger partial charge in [0.25, 0.3) is 0 Å². The van der Waals surface area contributed by atoms with E-state index in [0.29, 0.717) is 13.2 Å². The van der Waals surface area contributed by atoms with Gasteiger partial charge in [-0.1, -0.05) is 0 Å². The molecule has 0 aromatic rings. The van der Waals surface area contributed by atoms with Crippen LogP contribution >= 0.6 is 6.72 Å². The van der Waals surface area contributed by atoms with Crippen LogP contribution in [-0.4, -0.2) is 31.5 Å². The monoisotopic (exact) mass is 184 g/mol. The lowest BCUT2D eigenvalue weighted by atomic mass is 10.8. The molecular weight excluding hydrogens is 175 g/mol. The Morgan fingerprint density at radius 1 is 1.50 bits per heavy atom. The number of rotatable bonds is 3. The first-order chi connectivity index (χ1) is 4.77. The second-order valence-electron chi connectivity index (χ2n) is 1.67. The smallest absolute Gasteiger partial charge is 0.327 e. The molecule has 0 amide bonds. The lowest BCUT2D eigenvalue weighted by Gasteiger charge is -2.11. The average molecular weight is 184 g/mol. The maximum absolute atomic E-state index is 8.38. The van der Waals surface area contributed by atoms with Crippen molar-refractivity contribution in [3.63, 3.8) is 0 Å². The predicted octanol–water partition coefficient (Wildman–Crippen LogP) is 0.267. The molecule has 1 aliphatic rings. The maximum atomic E-state index is 8.38. The summed E-state index contributed by atoms with van der Waals surface area (Å²) in [5.41, 5.74) is 0. The minimum absolute atomic E-state index is 0.0505. The van der Waals surface area contributed by atoms with E-state index in [1.807, 2.05) is 0 Å². The van der Waals surface area contributed by atoms with Crippen LogP contribution in [-0.2, 0) is 25.4 Å². The van der Waals surface area contributed by atoms with Gasteiger partial charge in [0, 0.05) is 0 Å². The quantitative estimate of drug-likeness (QED) is 0.638. The summed E-state index contributed by atoms with van der Waals surface area (Å²) in [7, 11) is 0. The fourth-order valence-corrected chi connectivity index (χ4v) is 2.36. The van der Waals surface area contributed by atoms with Gasteiger partial charge in [-0.15, -0.1) is 0 Å². The van der Waals surface area contributed by atoms with E-state index in [0.717, 1.165) is 0 Å². The lowest BCUT2D eigenvalue weighted by molar-refractivity contribution is 0.177. The molecule has 1 rings (SSSR count). The van der Waals surface area contributed by atoms with Crippen LogP contribution in [0.2, 0.25) is 0 Å². The molecule has 0 bridgehead atoms. The van der Waals surface area contributed by atoms with Crippen molar-refractivity contribution >= 4 is 18.5 Å². The molecule has 1 heterocycles. The highest BCUT2D eigenvalue weighted by Crippen LogP contribution is 2.52. The summed E-state index contributed by atoms with van der Waals surface area (Å²) in [5.74, 6) is 0. The standard InChI is InChI=1S/C4H9O4PS/c5-1-2-6-9(10)7-3-4-8-9/h5H,1-4H2. The maximum Gasteiger partial charge on any atom is 0.327 e. The normalized spacial score (nSPS) is 23.3. The van der Waals surface area contributed by atoms with Crippen molar-refractivity contribution in [2.24, 2.45) is 0 Å². The Balaban J connectivity index is 2.29. The third-order valence-corrected chi connectivity index (χ3v) is 3.37. The first kappa shape index (κ1) is 8.59. The molecule has 10 heavy (non-hydrogen) atoms. The zero-order valence-corrected chi connectivity index (χ0v) is 7.07. The molecule has 0 atom stereocenters. The topological polar surface area (TPSA) is 47.9 Å². The molecule has 1 saturated heterocycles. The van der Waals surface area contributed by atoms with Gasteiger partial charge in [0.05, 0.1) is 26.4 Å². The van der Waals surface area contributed by atoms with Gasteiger partial charge in [0.1, 0.15) is 0 Å². The molecule has 4 nitrogen and oxygen atoms in total. The van der Waals surface area contributed by atoms with Gasteiger partial charge < -0.3 is 18.7 Å². The molecule has 6 heteroatoms. The fraction of sp³-hybridized carbons (Fsp3) is 1.00. The van der Waals surface area contributed by atoms with Gasteiger partial charge in [-0.3, -0.25) is 0 Å². The molecule has 0 saturated carbocycles. The summed E-state index contributed by atoms with van der Waals surface area (Å²) in [5, 5.41) is 8.38. The van der Waals surface area contributed by atoms with E-state index in [2.05, 4.69) is 0 Å². The van der Waals surface area contributed by atoms with Crippen molar-refractivity contribution < 1.29 is 18.7 Å². The minimum atomic E-state index is -2.41. The van der Waals surface area contributed by atoms with Crippen LogP contribution < -0.4 is 0 Å². The van der Waals surface area contributed by atoms with E-state index in [-0.39, 0.29) is 13.2 Å². The number of hydrogen-bond donors (Lipinski definition) is 1. The summed E-state index contributed by atoms with van der Waals surface area (Å²) in [6.07, 6.45) is 0. The molecule has 60 valence electrons. The van der Waals surface area contributed by atoms with Crippen LogP contribution in [0, 0.1) is 0 Å². The zero-order chi connectivity index (χ0) is 7.45. The Morgan fingerprint density at radius 3 is 2.60 bits per heavy atom. The molecule has 1 fully saturated rings. The highest BCUT2D eigenvalue weighted by molar-refractivity contribution is 8.07. The van der Waals surface area contributed by atoms with Crippen LogP contribution in [0.25, 0.3) is 0 Å². The van der Waals surface area contributed by atoms with E-state index < -0.39 is 6.72 Å². The minimum Gasteiger partial charge on any atom is -0.394 e.